The lowest BCUT2D eigenvalue weighted by atomic mass is 10.2. The molecule has 0 radical (unpaired) electrons. The quantitative estimate of drug-likeness (QED) is 0.711. The molecule has 0 fully saturated rings. The average molecular weight is 222 g/mol. The van der Waals surface area contributed by atoms with Crippen molar-refractivity contribution in [3.05, 3.63) is 29.6 Å². The molecule has 88 valence electrons. The van der Waals surface area contributed by atoms with Crippen LogP contribution in [0.3, 0.4) is 0 Å². The van der Waals surface area contributed by atoms with E-state index in [4.69, 9.17) is 0 Å². The molecule has 1 heterocycles. The van der Waals surface area contributed by atoms with Gasteiger partial charge in [-0.2, -0.15) is 0 Å². The van der Waals surface area contributed by atoms with E-state index in [2.05, 4.69) is 28.6 Å². The Morgan fingerprint density at radius 1 is 1.50 bits per heavy atom. The third kappa shape index (κ3) is 3.62. The van der Waals surface area contributed by atoms with E-state index in [1.54, 1.807) is 12.3 Å². The van der Waals surface area contributed by atoms with Gasteiger partial charge in [-0.25, -0.2) is 4.79 Å². The number of hydrogen-bond donors (Lipinski definition) is 0. The minimum Gasteiger partial charge on any atom is -0.465 e. The molecule has 16 heavy (non-hydrogen) atoms. The van der Waals surface area contributed by atoms with Crippen molar-refractivity contribution < 1.29 is 9.53 Å². The molecule has 4 nitrogen and oxygen atoms in total. The molecular formula is C12H18N2O2. The molecule has 0 saturated heterocycles. The summed E-state index contributed by atoms with van der Waals surface area (Å²) in [4.78, 5) is 17.6. The number of pyridine rings is 1. The van der Waals surface area contributed by atoms with Gasteiger partial charge in [0, 0.05) is 12.7 Å². The van der Waals surface area contributed by atoms with Gasteiger partial charge < -0.3 is 9.64 Å². The molecule has 1 aromatic heterocycles. The first kappa shape index (κ1) is 12.6. The number of aromatic nitrogens is 1. The van der Waals surface area contributed by atoms with Gasteiger partial charge in [0.05, 0.1) is 18.4 Å². The summed E-state index contributed by atoms with van der Waals surface area (Å²) >= 11 is 0. The van der Waals surface area contributed by atoms with Crippen molar-refractivity contribution in [3.8, 4) is 0 Å². The first-order valence-corrected chi connectivity index (χ1v) is 5.39. The van der Waals surface area contributed by atoms with Crippen LogP contribution in [0.2, 0.25) is 0 Å². The lowest BCUT2D eigenvalue weighted by Crippen LogP contribution is -2.19. The largest absolute Gasteiger partial charge is 0.465 e. The van der Waals surface area contributed by atoms with Crippen molar-refractivity contribution >= 4 is 5.97 Å². The van der Waals surface area contributed by atoms with Gasteiger partial charge in [0.25, 0.3) is 0 Å². The van der Waals surface area contributed by atoms with E-state index in [9.17, 15) is 4.79 Å². The van der Waals surface area contributed by atoms with Crippen molar-refractivity contribution in [2.24, 2.45) is 0 Å². The molecule has 0 bridgehead atoms. The molecule has 0 amide bonds. The smallest absolute Gasteiger partial charge is 0.339 e. The molecule has 0 aliphatic rings. The maximum absolute atomic E-state index is 11.2. The molecule has 0 aliphatic carbocycles. The number of ether oxygens (including phenoxy) is 1. The highest BCUT2D eigenvalue weighted by atomic mass is 16.5. The zero-order valence-corrected chi connectivity index (χ0v) is 10.1. The Morgan fingerprint density at radius 2 is 2.25 bits per heavy atom. The summed E-state index contributed by atoms with van der Waals surface area (Å²) in [6, 6.07) is 3.60. The van der Waals surface area contributed by atoms with Crippen molar-refractivity contribution in [2.75, 3.05) is 20.7 Å². The Kier molecular flexibility index (Phi) is 4.92. The van der Waals surface area contributed by atoms with Gasteiger partial charge in [-0.15, -0.1) is 0 Å². The fourth-order valence-corrected chi connectivity index (χ4v) is 1.49. The van der Waals surface area contributed by atoms with Crippen LogP contribution >= 0.6 is 0 Å². The Bertz CT molecular complexity index is 335. The van der Waals surface area contributed by atoms with E-state index in [1.165, 1.54) is 7.11 Å². The van der Waals surface area contributed by atoms with Gasteiger partial charge in [-0.05, 0) is 32.1 Å². The van der Waals surface area contributed by atoms with Gasteiger partial charge in [-0.3, -0.25) is 4.98 Å². The molecule has 0 atom stereocenters. The van der Waals surface area contributed by atoms with Crippen molar-refractivity contribution in [3.63, 3.8) is 0 Å². The zero-order chi connectivity index (χ0) is 12.0. The topological polar surface area (TPSA) is 42.4 Å². The van der Waals surface area contributed by atoms with Gasteiger partial charge in [0.2, 0.25) is 0 Å². The number of rotatable bonds is 5. The van der Waals surface area contributed by atoms with Crippen LogP contribution in [-0.4, -0.2) is 36.6 Å². The van der Waals surface area contributed by atoms with E-state index < -0.39 is 0 Å². The second-order valence-electron chi connectivity index (χ2n) is 3.77. The van der Waals surface area contributed by atoms with Crippen LogP contribution in [0.15, 0.2) is 18.3 Å². The van der Waals surface area contributed by atoms with Gasteiger partial charge in [-0.1, -0.05) is 6.92 Å². The summed E-state index contributed by atoms with van der Waals surface area (Å²) in [6.45, 7) is 3.99. The van der Waals surface area contributed by atoms with Crippen LogP contribution in [-0.2, 0) is 11.3 Å². The second-order valence-corrected chi connectivity index (χ2v) is 3.77. The number of carbonyl (C=O) groups excluding carboxylic acids is 1. The number of esters is 1. The lowest BCUT2D eigenvalue weighted by Gasteiger charge is -2.14. The first-order chi connectivity index (χ1) is 7.67. The van der Waals surface area contributed by atoms with E-state index in [-0.39, 0.29) is 5.97 Å². The summed E-state index contributed by atoms with van der Waals surface area (Å²) in [6.07, 6.45) is 2.68. The summed E-state index contributed by atoms with van der Waals surface area (Å²) in [7, 11) is 3.42. The number of methoxy groups -OCH3 is 1. The standard InChI is InChI=1S/C12H18N2O2/c1-4-7-14(2)9-11-6-5-10(8-13-11)12(15)16-3/h5-6,8H,4,7,9H2,1-3H3. The predicted molar refractivity (Wildman–Crippen MR) is 62.2 cm³/mol. The Hall–Kier alpha value is -1.42. The third-order valence-electron chi connectivity index (χ3n) is 2.28. The van der Waals surface area contributed by atoms with Crippen LogP contribution in [0.4, 0.5) is 0 Å². The first-order valence-electron chi connectivity index (χ1n) is 5.39. The van der Waals surface area contributed by atoms with Crippen LogP contribution < -0.4 is 0 Å². The predicted octanol–water partition coefficient (Wildman–Crippen LogP) is 1.71. The Morgan fingerprint density at radius 3 is 2.75 bits per heavy atom. The molecule has 0 N–H and O–H groups in total. The molecule has 0 aliphatic heterocycles. The highest BCUT2D eigenvalue weighted by Gasteiger charge is 2.06. The number of hydrogen-bond acceptors (Lipinski definition) is 4. The summed E-state index contributed by atoms with van der Waals surface area (Å²) in [5.41, 5.74) is 1.45. The summed E-state index contributed by atoms with van der Waals surface area (Å²) in [5, 5.41) is 0. The molecule has 0 unspecified atom stereocenters. The maximum Gasteiger partial charge on any atom is 0.339 e. The van der Waals surface area contributed by atoms with Crippen LogP contribution in [0.25, 0.3) is 0 Å². The maximum atomic E-state index is 11.2. The molecule has 0 spiro atoms. The fraction of sp³-hybridized carbons (Fsp3) is 0.500. The monoisotopic (exact) mass is 222 g/mol. The average Bonchev–Trinajstić information content (AvgIpc) is 2.29. The number of nitrogens with zero attached hydrogens (tertiary/aromatic N) is 2. The van der Waals surface area contributed by atoms with Crippen LogP contribution in [0.5, 0.6) is 0 Å². The van der Waals surface area contributed by atoms with E-state index >= 15 is 0 Å². The Balaban J connectivity index is 2.61. The molecular weight excluding hydrogens is 204 g/mol. The van der Waals surface area contributed by atoms with E-state index in [1.807, 2.05) is 6.07 Å². The summed E-state index contributed by atoms with van der Waals surface area (Å²) in [5.74, 6) is -0.346. The molecule has 1 aromatic rings. The van der Waals surface area contributed by atoms with Crippen molar-refractivity contribution in [2.45, 2.75) is 19.9 Å². The molecule has 0 saturated carbocycles. The minimum atomic E-state index is -0.346. The normalized spacial score (nSPS) is 10.5. The van der Waals surface area contributed by atoms with Crippen LogP contribution in [0, 0.1) is 0 Å². The van der Waals surface area contributed by atoms with Crippen molar-refractivity contribution in [1.82, 2.24) is 9.88 Å². The van der Waals surface area contributed by atoms with Crippen LogP contribution in [0.1, 0.15) is 29.4 Å². The zero-order valence-electron chi connectivity index (χ0n) is 10.1. The second kappa shape index (κ2) is 6.23. The highest BCUT2D eigenvalue weighted by Crippen LogP contribution is 2.04. The van der Waals surface area contributed by atoms with E-state index in [0.717, 1.165) is 25.2 Å². The Labute approximate surface area is 96.2 Å². The number of carbonyl (C=O) groups is 1. The summed E-state index contributed by atoms with van der Waals surface area (Å²) < 4.78 is 4.61. The minimum absolute atomic E-state index is 0.346. The SMILES string of the molecule is CCCN(C)Cc1ccc(C(=O)OC)cn1. The van der Waals surface area contributed by atoms with E-state index in [0.29, 0.717) is 5.56 Å². The fourth-order valence-electron chi connectivity index (χ4n) is 1.49. The molecule has 1 rings (SSSR count). The van der Waals surface area contributed by atoms with Gasteiger partial charge in [0.15, 0.2) is 0 Å². The lowest BCUT2D eigenvalue weighted by molar-refractivity contribution is 0.0600. The molecule has 0 aromatic carbocycles. The highest BCUT2D eigenvalue weighted by molar-refractivity contribution is 5.88. The van der Waals surface area contributed by atoms with Gasteiger partial charge in [0.1, 0.15) is 0 Å². The third-order valence-corrected chi connectivity index (χ3v) is 2.28. The van der Waals surface area contributed by atoms with Gasteiger partial charge >= 0.3 is 5.97 Å². The van der Waals surface area contributed by atoms with Crippen molar-refractivity contribution in [1.29, 1.82) is 0 Å². The molecule has 4 heteroatoms.